The maximum atomic E-state index is 15.2. The van der Waals surface area contributed by atoms with Crippen LogP contribution in [0.3, 0.4) is 0 Å². The number of ketones is 2. The largest absolute Gasteiger partial charge is 0.507 e. The second kappa shape index (κ2) is 34.5. The van der Waals surface area contributed by atoms with Gasteiger partial charge in [-0.25, -0.2) is 14.6 Å². The molecule has 5 aromatic rings. The van der Waals surface area contributed by atoms with Gasteiger partial charge in [0.2, 0.25) is 28.6 Å². The second-order valence-corrected chi connectivity index (χ2v) is 30.0. The topological polar surface area (TPSA) is 421 Å². The van der Waals surface area contributed by atoms with E-state index in [0.717, 1.165) is 0 Å². The van der Waals surface area contributed by atoms with Crippen LogP contribution in [0.1, 0.15) is 156 Å². The lowest BCUT2D eigenvalue weighted by Crippen LogP contribution is -2.46. The lowest BCUT2D eigenvalue weighted by Gasteiger charge is -2.39. The van der Waals surface area contributed by atoms with Crippen molar-refractivity contribution in [3.8, 4) is 11.5 Å². The molecule has 10 rings (SSSR count). The third-order valence-electron chi connectivity index (χ3n) is 22.3. The molecule has 29 nitrogen and oxygen atoms in total. The smallest absolute Gasteiger partial charge is 0.407 e. The summed E-state index contributed by atoms with van der Waals surface area (Å²) in [6.07, 6.45) is 8.11. The Bertz CT molecular complexity index is 4640. The van der Waals surface area contributed by atoms with Crippen LogP contribution in [0.2, 0.25) is 0 Å². The van der Waals surface area contributed by atoms with E-state index in [9.17, 15) is 68.4 Å². The number of allylic oxidation sites excluding steroid dienone is 2. The number of aliphatic hydroxyl groups excluding tert-OH is 3. The zero-order valence-electron chi connectivity index (χ0n) is 63.3. The normalized spacial score (nSPS) is 25.4. The first-order chi connectivity index (χ1) is 51.8. The van der Waals surface area contributed by atoms with Gasteiger partial charge in [0.05, 0.1) is 40.6 Å². The number of hydrogen-bond donors (Lipinski definition) is 9. The number of likely N-dealkylation sites (tertiary alicyclic amines) is 1. The number of alkyl carbamates (subject to hydrolysis) is 1. The van der Waals surface area contributed by atoms with Gasteiger partial charge in [-0.1, -0.05) is 84.2 Å². The van der Waals surface area contributed by atoms with Gasteiger partial charge < -0.3 is 80.4 Å². The molecule has 3 fully saturated rings. The molecule has 1 unspecified atom stereocenters. The zero-order chi connectivity index (χ0) is 79.1. The van der Waals surface area contributed by atoms with Crippen molar-refractivity contribution in [2.24, 2.45) is 46.7 Å². The average molecular weight is 1510 g/mol. The quantitative estimate of drug-likeness (QED) is 0.00738. The Labute approximate surface area is 630 Å². The Hall–Kier alpha value is -10.3. The first-order valence-corrected chi connectivity index (χ1v) is 37.4. The molecule has 4 aromatic carbocycles. The predicted octanol–water partition coefficient (Wildman–Crippen LogP) is 8.50. The second-order valence-electron chi connectivity index (χ2n) is 30.0. The molecule has 1 aromatic heterocycles. The number of methoxy groups -OCH3 is 1. The molecule has 29 heteroatoms. The van der Waals surface area contributed by atoms with E-state index >= 15 is 4.79 Å². The Balaban J connectivity index is 0.820. The molecule has 5 aliphatic rings. The summed E-state index contributed by atoms with van der Waals surface area (Å²) in [5, 5.41) is 57.9. The van der Waals surface area contributed by atoms with E-state index < -0.39 is 129 Å². The number of piperidine rings is 1. The summed E-state index contributed by atoms with van der Waals surface area (Å²) in [6.45, 7) is 15.2. The van der Waals surface area contributed by atoms with E-state index in [0.29, 0.717) is 101 Å². The minimum absolute atomic E-state index is 0.00599. The Morgan fingerprint density at radius 2 is 1.56 bits per heavy atom. The molecule has 0 spiro atoms. The molecular weight excluding hydrogens is 1410 g/mol. The number of urea groups is 1. The third-order valence-corrected chi connectivity index (χ3v) is 22.3. The number of esters is 1. The molecule has 109 heavy (non-hydrogen) atoms. The van der Waals surface area contributed by atoms with Crippen molar-refractivity contribution in [3.63, 3.8) is 0 Å². The molecule has 4 aliphatic heterocycles. The number of rotatable bonds is 23. The number of unbranched alkanes of at least 4 members (excludes halogenated alkanes) is 3. The van der Waals surface area contributed by atoms with Gasteiger partial charge in [0.1, 0.15) is 47.0 Å². The minimum Gasteiger partial charge on any atom is -0.507 e. The van der Waals surface area contributed by atoms with Gasteiger partial charge in [0.15, 0.2) is 22.4 Å². The first kappa shape index (κ1) is 81.3. The van der Waals surface area contributed by atoms with Crippen LogP contribution in [0.4, 0.5) is 26.7 Å². The maximum Gasteiger partial charge on any atom is 0.407 e. The fourth-order valence-electron chi connectivity index (χ4n) is 15.4. The summed E-state index contributed by atoms with van der Waals surface area (Å²) in [5.74, 6) is -9.92. The number of carbonyl (C=O) groups is 9. The van der Waals surface area contributed by atoms with Crippen molar-refractivity contribution in [3.05, 3.63) is 109 Å². The van der Waals surface area contributed by atoms with E-state index in [4.69, 9.17) is 38.8 Å². The van der Waals surface area contributed by atoms with Crippen molar-refractivity contribution in [1.82, 2.24) is 20.5 Å². The van der Waals surface area contributed by atoms with Gasteiger partial charge in [-0.15, -0.1) is 0 Å². The molecule has 0 radical (unpaired) electrons. The summed E-state index contributed by atoms with van der Waals surface area (Å²) in [4.78, 5) is 156. The van der Waals surface area contributed by atoms with E-state index in [1.807, 2.05) is 4.90 Å². The molecule has 10 N–H and O–H groups in total. The molecule has 1 saturated carbocycles. The van der Waals surface area contributed by atoms with E-state index in [1.54, 1.807) is 71.0 Å². The van der Waals surface area contributed by atoms with E-state index in [-0.39, 0.29) is 124 Å². The number of Topliss-reactive ketones (excluding diaryl/α,β-unsaturated/α-hetero) is 2. The molecule has 2 saturated heterocycles. The number of fused-ring (bicyclic) bond motifs is 2. The van der Waals surface area contributed by atoms with Crippen LogP contribution >= 0.6 is 0 Å². The van der Waals surface area contributed by atoms with Gasteiger partial charge in [0, 0.05) is 148 Å². The molecule has 1 aliphatic carbocycles. The van der Waals surface area contributed by atoms with Crippen molar-refractivity contribution in [1.29, 1.82) is 0 Å². The number of carbonyl (C=O) groups excluding carboxylic acids is 9. The van der Waals surface area contributed by atoms with Crippen LogP contribution in [-0.4, -0.2) is 153 Å². The summed E-state index contributed by atoms with van der Waals surface area (Å²) < 4.78 is 36.3. The maximum absolute atomic E-state index is 15.2. The zero-order valence-corrected chi connectivity index (χ0v) is 63.3. The van der Waals surface area contributed by atoms with Crippen LogP contribution in [0.5, 0.6) is 11.5 Å². The Morgan fingerprint density at radius 1 is 0.853 bits per heavy atom. The monoisotopic (exact) mass is 1510 g/mol. The molecule has 4 bridgehead atoms. The van der Waals surface area contributed by atoms with Crippen LogP contribution < -0.4 is 52.7 Å². The SMILES string of the molecule is CO[C@H]1/C=C/O[C@@]2(C)Oc3c(C)c(O)c4c(=O)c(c5oc6cc(N7CCC(NC(=O)OCc8ccc(NC(=O)[C@H](CCCNC(N)=O)CC(=O)C9(C(=O)CCCCCCN%10C(=O)CC(C)C%10=O)CCC9)cc8)CC7)cc(=O)c6nc5c4c3=C2O)NC(=O)/C(C)=C\C=C\[C@H](C)[C@H](O)[C@@H](C)[C@@H](O)[C@@H](C)[C@H](OC(C)=O)[C@@H]1C. The van der Waals surface area contributed by atoms with Crippen LogP contribution in [0, 0.1) is 47.8 Å². The highest BCUT2D eigenvalue weighted by Gasteiger charge is 2.50. The number of nitrogens with two attached hydrogens (primary N) is 1. The van der Waals surface area contributed by atoms with Crippen LogP contribution in [-0.2, 0) is 59.1 Å². The number of benzene rings is 4. The van der Waals surface area contributed by atoms with Crippen molar-refractivity contribution < 1.29 is 91.7 Å². The lowest BCUT2D eigenvalue weighted by molar-refractivity contribution is -0.160. The summed E-state index contributed by atoms with van der Waals surface area (Å²) in [7, 11) is 1.42. The number of ether oxygens (including phenoxy) is 5. The summed E-state index contributed by atoms with van der Waals surface area (Å²) in [6, 6.07) is 8.43. The number of aliphatic hydroxyl groups is 3. The Morgan fingerprint density at radius 3 is 2.21 bits per heavy atom. The first-order valence-electron chi connectivity index (χ1n) is 37.4. The van der Waals surface area contributed by atoms with E-state index in [1.165, 1.54) is 70.3 Å². The number of imide groups is 1. The Kier molecular flexibility index (Phi) is 25.7. The van der Waals surface area contributed by atoms with E-state index in [2.05, 4.69) is 21.3 Å². The number of nitrogens with zero attached hydrogens (tertiary/aromatic N) is 3. The van der Waals surface area contributed by atoms with Crippen molar-refractivity contribution in [2.75, 3.05) is 48.8 Å². The standard InChI is InChI=1S/C80H100N8O21/c1-41-18-15-19-42(2)74(99)86-65-69(97)61-60(62-71(47(7)68(61)96)109-79(9,73(62)98)106-35-28-55(104-10)44(4)70(107-48(8)89)46(6)67(95)45(5)66(41)94)64-72(65)108-56-39-53(38-54(90)63(56)85-64)87-33-26-52(27-34-87)84-78(103)105-40-49-22-24-51(25-23-49)83-75(100)50(20-16-31-82-77(81)102)37-58(92)80(29-17-30-80)57(91)21-13-11-12-14-32-88-59(93)36-43(3)76(88)101/h15,18-19,22-25,28,35,38-39,41,43-46,50,52,55,66-67,70,94-96,98H,11-14,16-17,20-21,26-27,29-34,36-37,40H2,1-10H3,(H,83,100)(H,84,103)(H,86,99)(H3,81,82,102)/b18-15+,35-28+,42-19-/t41-,43?,44+,45+,46+,50+,55-,66-,67+,70+,79-/m0/s1. The molecule has 586 valence electrons. The fourth-order valence-corrected chi connectivity index (χ4v) is 15.4. The molecule has 11 atom stereocenters. The molecule has 7 amide bonds. The number of amides is 7. The highest BCUT2D eigenvalue weighted by molar-refractivity contribution is 6.17. The highest BCUT2D eigenvalue weighted by Crippen LogP contribution is 2.47. The number of phenols is 1. The number of aromatic nitrogens is 1. The number of nitrogens with one attached hydrogen (secondary N) is 4. The number of aromatic hydroxyl groups is 1. The van der Waals surface area contributed by atoms with Crippen molar-refractivity contribution >= 4 is 109 Å². The number of phenolic OH excluding ortho intramolecular Hbond substituents is 1. The molecule has 5 heterocycles. The predicted molar refractivity (Wildman–Crippen MR) is 403 cm³/mol. The van der Waals surface area contributed by atoms with Gasteiger partial charge in [0.25, 0.3) is 5.91 Å². The van der Waals surface area contributed by atoms with Crippen molar-refractivity contribution in [2.45, 2.75) is 195 Å². The third kappa shape index (κ3) is 17.7. The fraction of sp³-hybridized carbons (Fsp3) is 0.525. The molecular formula is C80H100N8O21. The van der Waals surface area contributed by atoms with Gasteiger partial charge in [-0.2, -0.15) is 0 Å². The summed E-state index contributed by atoms with van der Waals surface area (Å²) in [5.41, 5.74) is 2.65. The number of hydrogen-bond acceptors (Lipinski definition) is 23. The minimum atomic E-state index is -2.07. The van der Waals surface area contributed by atoms with Gasteiger partial charge >= 0.3 is 23.9 Å². The van der Waals surface area contributed by atoms with Gasteiger partial charge in [-0.3, -0.25) is 48.1 Å². The van der Waals surface area contributed by atoms with Gasteiger partial charge in [-0.05, 0) is 89.0 Å². The number of primary amides is 1. The average Bonchev–Trinajstić information content (AvgIpc) is 1.66. The number of anilines is 3. The lowest BCUT2D eigenvalue weighted by atomic mass is 9.61. The van der Waals surface area contributed by atoms with Crippen LogP contribution in [0.25, 0.3) is 38.7 Å². The van der Waals surface area contributed by atoms with Crippen LogP contribution in [0.15, 0.2) is 86.5 Å². The highest BCUT2D eigenvalue weighted by atomic mass is 16.7. The summed E-state index contributed by atoms with van der Waals surface area (Å²) >= 11 is 0.